The lowest BCUT2D eigenvalue weighted by Crippen LogP contribution is -2.60. The van der Waals surface area contributed by atoms with Crippen LogP contribution in [0.25, 0.3) is 0 Å². The second-order valence-electron chi connectivity index (χ2n) is 7.04. The molecule has 0 radical (unpaired) electrons. The van der Waals surface area contributed by atoms with Gasteiger partial charge in [0.2, 0.25) is 0 Å². The van der Waals surface area contributed by atoms with E-state index in [0.717, 1.165) is 18.7 Å². The summed E-state index contributed by atoms with van der Waals surface area (Å²) < 4.78 is 7.37. The van der Waals surface area contributed by atoms with Gasteiger partial charge in [-0.25, -0.2) is 4.68 Å². The van der Waals surface area contributed by atoms with Gasteiger partial charge in [0.05, 0.1) is 23.5 Å². The average molecular weight is 266 g/mol. The summed E-state index contributed by atoms with van der Waals surface area (Å²) >= 11 is 0. The lowest BCUT2D eigenvalue weighted by atomic mass is 9.64. The van der Waals surface area contributed by atoms with E-state index in [9.17, 15) is 0 Å². The third-order valence-corrected chi connectivity index (χ3v) is 4.22. The Bertz CT molecular complexity index is 433. The van der Waals surface area contributed by atoms with Gasteiger partial charge < -0.3 is 10.1 Å². The number of hydrogen-bond donors (Lipinski definition) is 1. The molecule has 0 amide bonds. The van der Waals surface area contributed by atoms with Crippen LogP contribution in [0.5, 0.6) is 0 Å². The fraction of sp³-hybridized carbons (Fsp3) is 0.857. The van der Waals surface area contributed by atoms with Crippen molar-refractivity contribution in [3.8, 4) is 0 Å². The van der Waals surface area contributed by atoms with Gasteiger partial charge in [0, 0.05) is 25.1 Å². The first kappa shape index (κ1) is 14.5. The van der Waals surface area contributed by atoms with Crippen molar-refractivity contribution in [2.45, 2.75) is 65.3 Å². The summed E-state index contributed by atoms with van der Waals surface area (Å²) in [7, 11) is 1.79. The lowest BCUT2D eigenvalue weighted by Gasteiger charge is -2.51. The zero-order valence-electron chi connectivity index (χ0n) is 12.9. The monoisotopic (exact) mass is 266 g/mol. The Morgan fingerprint density at radius 1 is 1.47 bits per heavy atom. The fourth-order valence-electron chi connectivity index (χ4n) is 2.57. The molecule has 1 heterocycles. The van der Waals surface area contributed by atoms with Gasteiger partial charge in [0.15, 0.2) is 0 Å². The highest BCUT2D eigenvalue weighted by Crippen LogP contribution is 2.42. The maximum atomic E-state index is 5.46. The van der Waals surface area contributed by atoms with E-state index in [2.05, 4.69) is 50.2 Å². The Hall–Kier alpha value is -0.940. The van der Waals surface area contributed by atoms with Crippen molar-refractivity contribution < 1.29 is 4.74 Å². The number of nitrogens with one attached hydrogen (secondary N) is 1. The minimum Gasteiger partial charge on any atom is -0.381 e. The predicted molar refractivity (Wildman–Crippen MR) is 74.8 cm³/mol. The molecule has 1 N–H and O–H groups in total. The molecule has 2 rings (SSSR count). The van der Waals surface area contributed by atoms with E-state index in [1.54, 1.807) is 7.11 Å². The van der Waals surface area contributed by atoms with E-state index < -0.39 is 0 Å². The van der Waals surface area contributed by atoms with Crippen LogP contribution in [-0.2, 0) is 16.8 Å². The highest BCUT2D eigenvalue weighted by atomic mass is 16.5. The minimum absolute atomic E-state index is 0.0118. The van der Waals surface area contributed by atoms with Gasteiger partial charge in [-0.1, -0.05) is 19.1 Å². The fourth-order valence-corrected chi connectivity index (χ4v) is 2.57. The Morgan fingerprint density at radius 2 is 2.16 bits per heavy atom. The van der Waals surface area contributed by atoms with Gasteiger partial charge in [-0.05, 0) is 27.2 Å². The number of aromatic nitrogens is 3. The largest absolute Gasteiger partial charge is 0.381 e. The van der Waals surface area contributed by atoms with Crippen molar-refractivity contribution in [3.05, 3.63) is 11.9 Å². The second-order valence-corrected chi connectivity index (χ2v) is 7.04. The molecule has 5 nitrogen and oxygen atoms in total. The molecule has 108 valence electrons. The Balaban J connectivity index is 1.89. The van der Waals surface area contributed by atoms with Gasteiger partial charge in [0.25, 0.3) is 0 Å². The van der Waals surface area contributed by atoms with E-state index in [4.69, 9.17) is 4.74 Å². The summed E-state index contributed by atoms with van der Waals surface area (Å²) in [5.41, 5.74) is 1.17. The Kier molecular flexibility index (Phi) is 3.71. The third-order valence-electron chi connectivity index (χ3n) is 4.22. The second kappa shape index (κ2) is 4.87. The molecule has 0 saturated heterocycles. The normalized spacial score (nSPS) is 26.2. The third kappa shape index (κ3) is 2.82. The first-order valence-corrected chi connectivity index (χ1v) is 6.93. The molecule has 0 bridgehead atoms. The van der Waals surface area contributed by atoms with Gasteiger partial charge in [-0.2, -0.15) is 0 Å². The van der Waals surface area contributed by atoms with E-state index in [1.807, 2.05) is 10.9 Å². The summed E-state index contributed by atoms with van der Waals surface area (Å²) in [5.74, 6) is 0. The molecule has 5 heteroatoms. The highest BCUT2D eigenvalue weighted by Gasteiger charge is 2.48. The summed E-state index contributed by atoms with van der Waals surface area (Å²) in [4.78, 5) is 0. The SMILES string of the molecule is COC1CC(NCc2cn(C(C)(C)C)nn2)C1(C)C. The molecular weight excluding hydrogens is 240 g/mol. The van der Waals surface area contributed by atoms with Crippen molar-refractivity contribution in [1.82, 2.24) is 20.3 Å². The van der Waals surface area contributed by atoms with E-state index in [0.29, 0.717) is 12.1 Å². The molecule has 1 aliphatic carbocycles. The smallest absolute Gasteiger partial charge is 0.0965 e. The molecule has 2 atom stereocenters. The van der Waals surface area contributed by atoms with Gasteiger partial charge in [-0.3, -0.25) is 0 Å². The maximum absolute atomic E-state index is 5.46. The van der Waals surface area contributed by atoms with Crippen molar-refractivity contribution in [1.29, 1.82) is 0 Å². The summed E-state index contributed by atoms with van der Waals surface area (Å²) in [6, 6.07) is 0.484. The predicted octanol–water partition coefficient (Wildman–Crippen LogP) is 1.94. The van der Waals surface area contributed by atoms with Crippen LogP contribution in [0.2, 0.25) is 0 Å². The van der Waals surface area contributed by atoms with Crippen LogP contribution in [0, 0.1) is 5.41 Å². The molecule has 1 aromatic rings. The first-order chi connectivity index (χ1) is 8.75. The summed E-state index contributed by atoms with van der Waals surface area (Å²) in [6.07, 6.45) is 3.44. The molecule has 0 aliphatic heterocycles. The molecule has 1 aliphatic rings. The molecule has 0 spiro atoms. The number of nitrogens with zero attached hydrogens (tertiary/aromatic N) is 3. The van der Waals surface area contributed by atoms with Crippen molar-refractivity contribution in [3.63, 3.8) is 0 Å². The summed E-state index contributed by atoms with van der Waals surface area (Å²) in [5, 5.41) is 12.0. The van der Waals surface area contributed by atoms with Crippen LogP contribution < -0.4 is 5.32 Å². The number of hydrogen-bond acceptors (Lipinski definition) is 4. The molecule has 2 unspecified atom stereocenters. The minimum atomic E-state index is -0.0118. The first-order valence-electron chi connectivity index (χ1n) is 6.93. The van der Waals surface area contributed by atoms with Crippen molar-refractivity contribution >= 4 is 0 Å². The highest BCUT2D eigenvalue weighted by molar-refractivity contribution is 5.04. The van der Waals surface area contributed by atoms with Crippen molar-refractivity contribution in [2.75, 3.05) is 7.11 Å². The van der Waals surface area contributed by atoms with Crippen LogP contribution in [-0.4, -0.2) is 34.2 Å². The molecule has 0 aromatic carbocycles. The van der Waals surface area contributed by atoms with Crippen LogP contribution >= 0.6 is 0 Å². The van der Waals surface area contributed by atoms with Crippen LogP contribution in [0.3, 0.4) is 0 Å². The molecule has 19 heavy (non-hydrogen) atoms. The van der Waals surface area contributed by atoms with E-state index in [1.165, 1.54) is 0 Å². The quantitative estimate of drug-likeness (QED) is 0.905. The number of rotatable bonds is 4. The maximum Gasteiger partial charge on any atom is 0.0965 e. The molecule has 1 saturated carbocycles. The van der Waals surface area contributed by atoms with Crippen molar-refractivity contribution in [2.24, 2.45) is 5.41 Å². The van der Waals surface area contributed by atoms with Gasteiger partial charge in [0.1, 0.15) is 0 Å². The molecular formula is C14H26N4O. The van der Waals surface area contributed by atoms with Gasteiger partial charge in [-0.15, -0.1) is 5.10 Å². The topological polar surface area (TPSA) is 52.0 Å². The number of methoxy groups -OCH3 is 1. The molecule has 1 aromatic heterocycles. The van der Waals surface area contributed by atoms with Crippen LogP contribution in [0.15, 0.2) is 6.20 Å². The Labute approximate surface area is 115 Å². The molecule has 1 fully saturated rings. The van der Waals surface area contributed by atoms with Crippen LogP contribution in [0.1, 0.15) is 46.7 Å². The number of ether oxygens (including phenoxy) is 1. The van der Waals surface area contributed by atoms with E-state index in [-0.39, 0.29) is 11.0 Å². The van der Waals surface area contributed by atoms with Gasteiger partial charge >= 0.3 is 0 Å². The van der Waals surface area contributed by atoms with E-state index >= 15 is 0 Å². The zero-order chi connectivity index (χ0) is 14.3. The van der Waals surface area contributed by atoms with Crippen LogP contribution in [0.4, 0.5) is 0 Å². The zero-order valence-corrected chi connectivity index (χ0v) is 12.9. The average Bonchev–Trinajstić information content (AvgIpc) is 2.76. The Morgan fingerprint density at radius 3 is 2.63 bits per heavy atom. The lowest BCUT2D eigenvalue weighted by molar-refractivity contribution is -0.0979. The standard InChI is InChI=1S/C14H26N4O/c1-13(2,3)18-9-10(16-17-18)8-15-11-7-12(19-6)14(11,4)5/h9,11-12,15H,7-8H2,1-6H3. The summed E-state index contributed by atoms with van der Waals surface area (Å²) in [6.45, 7) is 11.6.